The molecule has 1 aromatic rings. The first-order chi connectivity index (χ1) is 8.02. The second-order valence-corrected chi connectivity index (χ2v) is 4.55. The molecule has 3 heterocycles. The van der Waals surface area contributed by atoms with Crippen molar-refractivity contribution >= 4 is 5.97 Å². The number of nitrogens with zero attached hydrogens (tertiary/aromatic N) is 1. The van der Waals surface area contributed by atoms with Gasteiger partial charge >= 0.3 is 5.97 Å². The summed E-state index contributed by atoms with van der Waals surface area (Å²) in [4.78, 5) is 10.9. The van der Waals surface area contributed by atoms with Crippen LogP contribution in [0.2, 0.25) is 0 Å². The Morgan fingerprint density at radius 2 is 1.76 bits per heavy atom. The summed E-state index contributed by atoms with van der Waals surface area (Å²) in [5.74, 6) is -1.46. The first-order valence-electron chi connectivity index (χ1n) is 5.56. The summed E-state index contributed by atoms with van der Waals surface area (Å²) in [6.45, 7) is 1.42. The van der Waals surface area contributed by atoms with E-state index in [0.29, 0.717) is 11.1 Å². The molecular weight excluding hydrogens is 226 g/mol. The van der Waals surface area contributed by atoms with E-state index >= 15 is 0 Å². The van der Waals surface area contributed by atoms with Crippen LogP contribution in [0.3, 0.4) is 0 Å². The standard InChI is InChI=1S/C11H13NO5/c1-4(11(15)16)12-9(13)7-5-2-3-6(17-5)8(7)10(12)14/h4-6,13-14H,2-3H2,1H3,(H,15,16)/t4?,5-,6+. The van der Waals surface area contributed by atoms with Crippen LogP contribution in [0.1, 0.15) is 49.1 Å². The van der Waals surface area contributed by atoms with Crippen LogP contribution in [0.15, 0.2) is 0 Å². The molecule has 92 valence electrons. The monoisotopic (exact) mass is 239 g/mol. The lowest BCUT2D eigenvalue weighted by Crippen LogP contribution is -2.15. The van der Waals surface area contributed by atoms with Crippen LogP contribution in [0.5, 0.6) is 11.8 Å². The summed E-state index contributed by atoms with van der Waals surface area (Å²) >= 11 is 0. The summed E-state index contributed by atoms with van der Waals surface area (Å²) in [5.41, 5.74) is 1.12. The highest BCUT2D eigenvalue weighted by Crippen LogP contribution is 2.58. The molecule has 1 fully saturated rings. The molecule has 2 aliphatic rings. The Kier molecular flexibility index (Phi) is 1.95. The molecule has 1 unspecified atom stereocenters. The van der Waals surface area contributed by atoms with E-state index in [4.69, 9.17) is 9.84 Å². The molecule has 3 atom stereocenters. The van der Waals surface area contributed by atoms with Crippen molar-refractivity contribution in [3.8, 4) is 11.8 Å². The first kappa shape index (κ1) is 10.5. The third-order valence-electron chi connectivity index (χ3n) is 3.64. The van der Waals surface area contributed by atoms with Gasteiger partial charge in [-0.25, -0.2) is 4.79 Å². The molecule has 1 aromatic heterocycles. The van der Waals surface area contributed by atoms with Gasteiger partial charge in [0.25, 0.3) is 0 Å². The number of carboxylic acid groups (broad SMARTS) is 1. The summed E-state index contributed by atoms with van der Waals surface area (Å²) in [7, 11) is 0. The first-order valence-corrected chi connectivity index (χ1v) is 5.56. The van der Waals surface area contributed by atoms with E-state index in [1.807, 2.05) is 0 Å². The fourth-order valence-electron chi connectivity index (χ4n) is 2.77. The topological polar surface area (TPSA) is 91.9 Å². The number of hydrogen-bond donors (Lipinski definition) is 3. The van der Waals surface area contributed by atoms with E-state index in [2.05, 4.69) is 0 Å². The van der Waals surface area contributed by atoms with Crippen LogP contribution < -0.4 is 0 Å². The largest absolute Gasteiger partial charge is 0.494 e. The summed E-state index contributed by atoms with van der Waals surface area (Å²) < 4.78 is 6.62. The van der Waals surface area contributed by atoms with Crippen molar-refractivity contribution in [2.45, 2.75) is 38.0 Å². The van der Waals surface area contributed by atoms with Crippen LogP contribution in [0.4, 0.5) is 0 Å². The van der Waals surface area contributed by atoms with Crippen LogP contribution >= 0.6 is 0 Å². The van der Waals surface area contributed by atoms with Gasteiger partial charge in [-0.2, -0.15) is 0 Å². The van der Waals surface area contributed by atoms with Crippen molar-refractivity contribution in [3.05, 3.63) is 11.1 Å². The second-order valence-electron chi connectivity index (χ2n) is 4.55. The highest BCUT2D eigenvalue weighted by molar-refractivity contribution is 5.73. The minimum atomic E-state index is -1.10. The maximum Gasteiger partial charge on any atom is 0.326 e. The van der Waals surface area contributed by atoms with Crippen LogP contribution in [-0.2, 0) is 9.53 Å². The number of ether oxygens (including phenoxy) is 1. The Morgan fingerprint density at radius 3 is 2.18 bits per heavy atom. The Morgan fingerprint density at radius 1 is 1.29 bits per heavy atom. The number of aromatic nitrogens is 1. The smallest absolute Gasteiger partial charge is 0.326 e. The molecule has 0 radical (unpaired) electrons. The summed E-state index contributed by atoms with van der Waals surface area (Å²) in [6, 6.07) is -1.00. The van der Waals surface area contributed by atoms with Gasteiger partial charge in [-0.1, -0.05) is 0 Å². The molecule has 6 heteroatoms. The van der Waals surface area contributed by atoms with Gasteiger partial charge in [0.1, 0.15) is 6.04 Å². The average molecular weight is 239 g/mol. The van der Waals surface area contributed by atoms with Gasteiger partial charge in [-0.15, -0.1) is 0 Å². The molecular formula is C11H13NO5. The van der Waals surface area contributed by atoms with Gasteiger partial charge in [0, 0.05) is 0 Å². The Hall–Kier alpha value is -1.69. The fourth-order valence-corrected chi connectivity index (χ4v) is 2.77. The van der Waals surface area contributed by atoms with Gasteiger partial charge < -0.3 is 20.1 Å². The van der Waals surface area contributed by atoms with E-state index in [-0.39, 0.29) is 24.0 Å². The van der Waals surface area contributed by atoms with Crippen molar-refractivity contribution in [2.24, 2.45) is 0 Å². The normalized spacial score (nSPS) is 27.1. The SMILES string of the molecule is CC(C(=O)O)n1c(O)c2c(c1O)[C@H]1CC[C@@H]2O1. The molecule has 0 amide bonds. The minimum Gasteiger partial charge on any atom is -0.494 e. The summed E-state index contributed by atoms with van der Waals surface area (Å²) in [6.07, 6.45) is 1.19. The molecule has 17 heavy (non-hydrogen) atoms. The van der Waals surface area contributed by atoms with E-state index in [1.165, 1.54) is 6.92 Å². The highest BCUT2D eigenvalue weighted by Gasteiger charge is 2.46. The molecule has 0 aromatic carbocycles. The summed E-state index contributed by atoms with van der Waals surface area (Å²) in [5, 5.41) is 29.0. The quantitative estimate of drug-likeness (QED) is 0.726. The lowest BCUT2D eigenvalue weighted by molar-refractivity contribution is -0.140. The third-order valence-corrected chi connectivity index (χ3v) is 3.64. The highest BCUT2D eigenvalue weighted by atomic mass is 16.5. The van der Waals surface area contributed by atoms with E-state index in [9.17, 15) is 15.0 Å². The second kappa shape index (κ2) is 3.16. The average Bonchev–Trinajstić information content (AvgIpc) is 2.92. The third kappa shape index (κ3) is 1.16. The predicted octanol–water partition coefficient (Wildman–Crippen LogP) is 1.45. The molecule has 2 bridgehead atoms. The Labute approximate surface area is 97.1 Å². The number of fused-ring (bicyclic) bond motifs is 5. The number of aromatic hydroxyl groups is 2. The number of carbonyl (C=O) groups is 1. The van der Waals surface area contributed by atoms with Crippen LogP contribution in [0, 0.1) is 0 Å². The number of carboxylic acids is 1. The van der Waals surface area contributed by atoms with Crippen LogP contribution in [0.25, 0.3) is 0 Å². The molecule has 0 aliphatic carbocycles. The Balaban J connectivity index is 2.17. The van der Waals surface area contributed by atoms with Gasteiger partial charge in [0.2, 0.25) is 11.8 Å². The zero-order valence-corrected chi connectivity index (χ0v) is 9.25. The van der Waals surface area contributed by atoms with Crippen molar-refractivity contribution in [2.75, 3.05) is 0 Å². The lowest BCUT2D eigenvalue weighted by atomic mass is 9.95. The maximum atomic E-state index is 10.9. The van der Waals surface area contributed by atoms with Crippen molar-refractivity contribution in [1.29, 1.82) is 0 Å². The van der Waals surface area contributed by atoms with Crippen molar-refractivity contribution in [3.63, 3.8) is 0 Å². The zero-order valence-electron chi connectivity index (χ0n) is 9.25. The van der Waals surface area contributed by atoms with Crippen LogP contribution in [-0.4, -0.2) is 25.9 Å². The predicted molar refractivity (Wildman–Crippen MR) is 55.9 cm³/mol. The fraction of sp³-hybridized carbons (Fsp3) is 0.545. The number of rotatable bonds is 2. The molecule has 0 saturated carbocycles. The van der Waals surface area contributed by atoms with Crippen molar-refractivity contribution < 1.29 is 24.9 Å². The molecule has 3 rings (SSSR count). The molecule has 2 aliphatic heterocycles. The van der Waals surface area contributed by atoms with E-state index < -0.39 is 12.0 Å². The van der Waals surface area contributed by atoms with Crippen molar-refractivity contribution in [1.82, 2.24) is 4.57 Å². The zero-order chi connectivity index (χ0) is 12.3. The van der Waals surface area contributed by atoms with E-state index in [0.717, 1.165) is 17.4 Å². The molecule has 0 spiro atoms. The van der Waals surface area contributed by atoms with Gasteiger partial charge in [0.15, 0.2) is 0 Å². The molecule has 6 nitrogen and oxygen atoms in total. The van der Waals surface area contributed by atoms with Gasteiger partial charge in [0.05, 0.1) is 23.3 Å². The van der Waals surface area contributed by atoms with Gasteiger partial charge in [-0.3, -0.25) is 4.57 Å². The minimum absolute atomic E-state index is 0.181. The molecule has 3 N–H and O–H groups in total. The Bertz CT molecular complexity index is 473. The maximum absolute atomic E-state index is 10.9. The lowest BCUT2D eigenvalue weighted by Gasteiger charge is -2.13. The van der Waals surface area contributed by atoms with Gasteiger partial charge in [-0.05, 0) is 19.8 Å². The number of hydrogen-bond acceptors (Lipinski definition) is 4. The van der Waals surface area contributed by atoms with E-state index in [1.54, 1.807) is 0 Å². The molecule has 1 saturated heterocycles. The number of aliphatic carboxylic acids is 1.